The molecule has 0 bridgehead atoms. The van der Waals surface area contributed by atoms with Crippen LogP contribution in [0.25, 0.3) is 11.1 Å². The lowest BCUT2D eigenvalue weighted by Gasteiger charge is -2.33. The highest BCUT2D eigenvalue weighted by Crippen LogP contribution is 2.51. The summed E-state index contributed by atoms with van der Waals surface area (Å²) >= 11 is 4.86. The molecule has 0 fully saturated rings. The van der Waals surface area contributed by atoms with Crippen LogP contribution in [0.2, 0.25) is 0 Å². The Bertz CT molecular complexity index is 1530. The third kappa shape index (κ3) is 3.84. The number of halogens is 1. The SMILES string of the molecule is CCS(=O)(=O)[N+](C(N)=O)(c1ccc2c(c1)C(c1ccc(Br)s1)Oc1cccc(OC)c1-2)S(=O)(=O)CC. The van der Waals surface area contributed by atoms with Crippen molar-refractivity contribution in [1.29, 1.82) is 0 Å². The Labute approximate surface area is 222 Å². The molecule has 1 aliphatic heterocycles. The molecular formula is C23H24BrN2O7S3+. The van der Waals surface area contributed by atoms with E-state index in [1.165, 1.54) is 44.4 Å². The Hall–Kier alpha value is -2.45. The van der Waals surface area contributed by atoms with Crippen LogP contribution in [0.3, 0.4) is 0 Å². The number of urea groups is 1. The van der Waals surface area contributed by atoms with Gasteiger partial charge in [-0.3, -0.25) is 0 Å². The maximum Gasteiger partial charge on any atom is 0.450 e. The number of amides is 2. The lowest BCUT2D eigenvalue weighted by molar-refractivity contribution is 0.242. The minimum absolute atomic E-state index is 0.299. The maximum atomic E-state index is 13.3. The summed E-state index contributed by atoms with van der Waals surface area (Å²) in [7, 11) is -7.72. The molecule has 1 atom stereocenters. The molecule has 2 aromatic carbocycles. The summed E-state index contributed by atoms with van der Waals surface area (Å²) in [6.45, 7) is 2.54. The zero-order valence-corrected chi connectivity index (χ0v) is 23.6. The lowest BCUT2D eigenvalue weighted by Crippen LogP contribution is -2.65. The molecule has 1 unspecified atom stereocenters. The summed E-state index contributed by atoms with van der Waals surface area (Å²) in [4.78, 5) is 13.6. The second-order valence-corrected chi connectivity index (χ2v) is 15.2. The van der Waals surface area contributed by atoms with Gasteiger partial charge in [0.2, 0.25) is 0 Å². The average molecular weight is 617 g/mol. The number of hydrogen-bond donors (Lipinski definition) is 1. The van der Waals surface area contributed by atoms with Gasteiger partial charge in [0.1, 0.15) is 11.5 Å². The number of carbonyl (C=O) groups excluding carboxylic acids is 1. The monoisotopic (exact) mass is 615 g/mol. The highest BCUT2D eigenvalue weighted by atomic mass is 79.9. The van der Waals surface area contributed by atoms with Crippen molar-refractivity contribution in [3.05, 3.63) is 62.8 Å². The molecule has 36 heavy (non-hydrogen) atoms. The molecule has 0 aliphatic carbocycles. The van der Waals surface area contributed by atoms with Crippen LogP contribution in [-0.4, -0.2) is 41.5 Å². The first-order chi connectivity index (χ1) is 16.9. The second kappa shape index (κ2) is 9.45. The molecule has 2 heterocycles. The number of carbonyl (C=O) groups is 1. The number of sulfonamides is 2. The smallest absolute Gasteiger partial charge is 0.450 e. The van der Waals surface area contributed by atoms with Gasteiger partial charge in [-0.1, -0.05) is 6.07 Å². The number of ether oxygens (including phenoxy) is 2. The summed E-state index contributed by atoms with van der Waals surface area (Å²) in [5.41, 5.74) is 7.05. The van der Waals surface area contributed by atoms with E-state index in [4.69, 9.17) is 15.2 Å². The number of hydrogen-bond acceptors (Lipinski definition) is 8. The topological polar surface area (TPSA) is 130 Å². The number of benzene rings is 2. The van der Waals surface area contributed by atoms with E-state index in [-0.39, 0.29) is 5.69 Å². The number of nitrogens with two attached hydrogens (primary N) is 1. The van der Waals surface area contributed by atoms with E-state index in [0.29, 0.717) is 28.2 Å². The predicted molar refractivity (Wildman–Crippen MR) is 143 cm³/mol. The fourth-order valence-corrected chi connectivity index (χ4v) is 9.99. The third-order valence-electron chi connectivity index (χ3n) is 6.04. The molecule has 0 saturated heterocycles. The largest absolute Gasteiger partial charge is 0.496 e. The highest BCUT2D eigenvalue weighted by Gasteiger charge is 2.60. The summed E-state index contributed by atoms with van der Waals surface area (Å²) < 4.78 is 64.0. The first kappa shape index (κ1) is 26.6. The minimum Gasteiger partial charge on any atom is -0.496 e. The van der Waals surface area contributed by atoms with Crippen LogP contribution < -0.4 is 18.5 Å². The van der Waals surface area contributed by atoms with Gasteiger partial charge < -0.3 is 15.2 Å². The van der Waals surface area contributed by atoms with E-state index >= 15 is 0 Å². The molecule has 4 rings (SSSR count). The van der Waals surface area contributed by atoms with Crippen molar-refractivity contribution >= 4 is 59.0 Å². The van der Waals surface area contributed by atoms with E-state index in [1.807, 2.05) is 12.1 Å². The van der Waals surface area contributed by atoms with Crippen molar-refractivity contribution in [2.45, 2.75) is 20.0 Å². The van der Waals surface area contributed by atoms with Crippen LogP contribution in [0.5, 0.6) is 11.5 Å². The first-order valence-electron chi connectivity index (χ1n) is 10.8. The van der Waals surface area contributed by atoms with Gasteiger partial charge in [-0.25, -0.2) is 4.79 Å². The van der Waals surface area contributed by atoms with Gasteiger partial charge in [-0.05, 0) is 69.0 Å². The summed E-state index contributed by atoms with van der Waals surface area (Å²) in [6, 6.07) is 11.8. The molecule has 0 radical (unpaired) electrons. The van der Waals surface area contributed by atoms with Gasteiger partial charge >= 0.3 is 26.1 Å². The lowest BCUT2D eigenvalue weighted by atomic mass is 9.91. The Morgan fingerprint density at radius 2 is 1.75 bits per heavy atom. The predicted octanol–water partition coefficient (Wildman–Crippen LogP) is 4.75. The number of quaternary nitrogens is 1. The molecule has 2 amide bonds. The Morgan fingerprint density at radius 1 is 1.08 bits per heavy atom. The van der Waals surface area contributed by atoms with E-state index < -0.39 is 47.0 Å². The quantitative estimate of drug-likeness (QED) is 0.379. The van der Waals surface area contributed by atoms with Crippen molar-refractivity contribution in [1.82, 2.24) is 3.29 Å². The molecule has 1 aromatic heterocycles. The summed E-state index contributed by atoms with van der Waals surface area (Å²) in [5, 5.41) is 0. The average Bonchev–Trinajstić information content (AvgIpc) is 3.28. The zero-order chi connectivity index (χ0) is 26.5. The third-order valence-corrected chi connectivity index (χ3v) is 12.9. The zero-order valence-electron chi connectivity index (χ0n) is 19.6. The Kier molecular flexibility index (Phi) is 6.99. The number of fused-ring (bicyclic) bond motifs is 3. The highest BCUT2D eigenvalue weighted by molar-refractivity contribution is 9.11. The molecule has 192 valence electrons. The Balaban J connectivity index is 2.11. The van der Waals surface area contributed by atoms with Gasteiger partial charge in [-0.2, -0.15) is 16.8 Å². The van der Waals surface area contributed by atoms with Crippen molar-refractivity contribution in [3.8, 4) is 22.6 Å². The van der Waals surface area contributed by atoms with Crippen molar-refractivity contribution < 1.29 is 31.1 Å². The van der Waals surface area contributed by atoms with E-state index in [1.54, 1.807) is 24.3 Å². The second-order valence-electron chi connectivity index (χ2n) is 7.88. The van der Waals surface area contributed by atoms with Crippen LogP contribution in [0.1, 0.15) is 30.4 Å². The minimum atomic E-state index is -4.62. The number of nitrogens with zero attached hydrogens (tertiary/aromatic N) is 1. The maximum absolute atomic E-state index is 13.3. The summed E-state index contributed by atoms with van der Waals surface area (Å²) in [6.07, 6.45) is -0.709. The Morgan fingerprint density at radius 3 is 2.28 bits per heavy atom. The van der Waals surface area contributed by atoms with Gasteiger partial charge in [0.25, 0.3) is 0 Å². The first-order valence-corrected chi connectivity index (χ1v) is 15.7. The van der Waals surface area contributed by atoms with Gasteiger partial charge in [0.05, 0.1) is 32.8 Å². The van der Waals surface area contributed by atoms with Crippen molar-refractivity contribution in [2.24, 2.45) is 5.73 Å². The fourth-order valence-electron chi connectivity index (χ4n) is 4.35. The van der Waals surface area contributed by atoms with Crippen LogP contribution in [0.4, 0.5) is 10.5 Å². The van der Waals surface area contributed by atoms with Gasteiger partial charge in [0.15, 0.2) is 11.8 Å². The molecular weight excluding hydrogens is 592 g/mol. The van der Waals surface area contributed by atoms with Gasteiger partial charge in [0, 0.05) is 17.7 Å². The number of thiophene rings is 1. The number of primary amides is 1. The van der Waals surface area contributed by atoms with Crippen LogP contribution in [0, 0.1) is 0 Å². The molecule has 3 aromatic rings. The molecule has 0 spiro atoms. The number of rotatable bonds is 7. The van der Waals surface area contributed by atoms with Gasteiger partial charge in [-0.15, -0.1) is 11.3 Å². The van der Waals surface area contributed by atoms with E-state index in [2.05, 4.69) is 15.9 Å². The molecule has 9 nitrogen and oxygen atoms in total. The van der Waals surface area contributed by atoms with Crippen molar-refractivity contribution in [2.75, 3.05) is 18.6 Å². The molecule has 0 saturated carbocycles. The van der Waals surface area contributed by atoms with E-state index in [9.17, 15) is 21.6 Å². The number of methoxy groups -OCH3 is 1. The molecule has 1 aliphatic rings. The molecule has 2 N–H and O–H groups in total. The van der Waals surface area contributed by atoms with Crippen LogP contribution in [-0.2, 0) is 20.0 Å². The van der Waals surface area contributed by atoms with Crippen LogP contribution in [0.15, 0.2) is 52.3 Å². The van der Waals surface area contributed by atoms with Crippen LogP contribution >= 0.6 is 27.3 Å². The normalized spacial score (nSPS) is 15.5. The van der Waals surface area contributed by atoms with E-state index in [0.717, 1.165) is 8.66 Å². The summed E-state index contributed by atoms with van der Waals surface area (Å²) in [5.74, 6) is -0.186. The fraction of sp³-hybridized carbons (Fsp3) is 0.261. The molecule has 13 heteroatoms. The standard InChI is InChI=1S/C23H23BrN2O7S3/c1-4-35(28,29)26(23(25)27,36(30,31)5-2)14-9-10-15-16(13-14)22(19-11-12-20(24)34-19)33-18-8-6-7-17(32-3)21(15)18/h6-13,22H,4-5H2,1-3H3,(H-,25,27)/p+1. The van der Waals surface area contributed by atoms with Crippen molar-refractivity contribution in [3.63, 3.8) is 0 Å².